The van der Waals surface area contributed by atoms with Crippen molar-refractivity contribution in [2.24, 2.45) is 5.92 Å². The van der Waals surface area contributed by atoms with E-state index in [-0.39, 0.29) is 11.8 Å². The first kappa shape index (κ1) is 23.1. The molecule has 180 valence electrons. The number of hydrogen-bond acceptors (Lipinski definition) is 4. The summed E-state index contributed by atoms with van der Waals surface area (Å²) < 4.78 is 30.1. The number of aryl methyl sites for hydroxylation is 3. The van der Waals surface area contributed by atoms with Crippen LogP contribution in [0.4, 0.5) is 0 Å². The predicted octanol–water partition coefficient (Wildman–Crippen LogP) is 3.44. The van der Waals surface area contributed by atoms with Crippen LogP contribution in [0.1, 0.15) is 42.6 Å². The monoisotopic (exact) mass is 480 g/mol. The lowest BCUT2D eigenvalue weighted by Crippen LogP contribution is -2.43. The molecule has 2 heterocycles. The largest absolute Gasteiger partial charge is 0.354 e. The number of nitrogens with zero attached hydrogens (tertiary/aromatic N) is 3. The van der Waals surface area contributed by atoms with E-state index in [0.29, 0.717) is 43.9 Å². The number of hydrogen-bond donors (Lipinski definition) is 1. The van der Waals surface area contributed by atoms with Crippen LogP contribution in [0.25, 0.3) is 11.0 Å². The maximum Gasteiger partial charge on any atom is 0.243 e. The van der Waals surface area contributed by atoms with Crippen LogP contribution in [0.3, 0.4) is 0 Å². The fraction of sp³-hybridized carbons (Fsp3) is 0.462. The van der Waals surface area contributed by atoms with Gasteiger partial charge in [-0.1, -0.05) is 18.2 Å². The van der Waals surface area contributed by atoms with Gasteiger partial charge in [-0.05, 0) is 80.8 Å². The molecule has 3 aromatic rings. The number of amides is 1. The molecule has 7 nitrogen and oxygen atoms in total. The quantitative estimate of drug-likeness (QED) is 0.586. The van der Waals surface area contributed by atoms with E-state index < -0.39 is 10.0 Å². The van der Waals surface area contributed by atoms with E-state index in [1.807, 2.05) is 43.3 Å². The van der Waals surface area contributed by atoms with Crippen molar-refractivity contribution in [2.45, 2.75) is 56.9 Å². The molecule has 0 bridgehead atoms. The van der Waals surface area contributed by atoms with Gasteiger partial charge in [0.1, 0.15) is 5.82 Å². The van der Waals surface area contributed by atoms with Gasteiger partial charge in [0.25, 0.3) is 0 Å². The smallest absolute Gasteiger partial charge is 0.243 e. The Labute approximate surface area is 201 Å². The van der Waals surface area contributed by atoms with Gasteiger partial charge in [0.05, 0.1) is 15.9 Å². The number of aromatic nitrogens is 2. The number of nitrogens with one attached hydrogen (secondary N) is 1. The van der Waals surface area contributed by atoms with Gasteiger partial charge in [0.2, 0.25) is 15.9 Å². The molecule has 2 aliphatic rings. The Morgan fingerprint density at radius 2 is 1.79 bits per heavy atom. The lowest BCUT2D eigenvalue weighted by molar-refractivity contribution is -0.126. The van der Waals surface area contributed by atoms with Gasteiger partial charge in [-0.2, -0.15) is 4.31 Å². The summed E-state index contributed by atoms with van der Waals surface area (Å²) in [5, 5.41) is 3.05. The summed E-state index contributed by atoms with van der Waals surface area (Å²) in [6.45, 7) is 3.91. The summed E-state index contributed by atoms with van der Waals surface area (Å²) in [7, 11) is -3.53. The molecule has 0 saturated carbocycles. The number of carbonyl (C=O) groups is 1. The summed E-state index contributed by atoms with van der Waals surface area (Å²) in [4.78, 5) is 17.7. The van der Waals surface area contributed by atoms with Crippen LogP contribution >= 0.6 is 0 Å². The van der Waals surface area contributed by atoms with Crippen molar-refractivity contribution in [1.82, 2.24) is 19.2 Å². The summed E-state index contributed by atoms with van der Waals surface area (Å²) >= 11 is 0. The van der Waals surface area contributed by atoms with Crippen LogP contribution in [-0.2, 0) is 34.2 Å². The zero-order chi connectivity index (χ0) is 23.7. The highest BCUT2D eigenvalue weighted by Gasteiger charge is 2.32. The number of rotatable bonds is 6. The molecular weight excluding hydrogens is 448 g/mol. The molecule has 5 rings (SSSR count). The van der Waals surface area contributed by atoms with Gasteiger partial charge in [-0.3, -0.25) is 4.79 Å². The van der Waals surface area contributed by atoms with Crippen LogP contribution < -0.4 is 5.32 Å². The second-order valence-electron chi connectivity index (χ2n) is 9.41. The molecule has 1 amide bonds. The summed E-state index contributed by atoms with van der Waals surface area (Å²) in [5.41, 5.74) is 4.47. The average molecular weight is 481 g/mol. The van der Waals surface area contributed by atoms with Crippen molar-refractivity contribution in [3.8, 4) is 0 Å². The normalized spacial score (nSPS) is 17.6. The fourth-order valence-electron chi connectivity index (χ4n) is 5.29. The lowest BCUT2D eigenvalue weighted by Gasteiger charge is -2.31. The minimum absolute atomic E-state index is 0.00732. The zero-order valence-corrected chi connectivity index (χ0v) is 20.5. The van der Waals surface area contributed by atoms with E-state index >= 15 is 0 Å². The number of sulfonamides is 1. The third-order valence-corrected chi connectivity index (χ3v) is 9.16. The topological polar surface area (TPSA) is 84.3 Å². The molecule has 0 unspecified atom stereocenters. The molecule has 1 aromatic heterocycles. The van der Waals surface area contributed by atoms with Gasteiger partial charge < -0.3 is 9.88 Å². The lowest BCUT2D eigenvalue weighted by atomic mass is 9.92. The van der Waals surface area contributed by atoms with Gasteiger partial charge in [-0.15, -0.1) is 0 Å². The molecule has 8 heteroatoms. The number of para-hydroxylation sites is 2. The second kappa shape index (κ2) is 9.50. The Morgan fingerprint density at radius 3 is 2.59 bits per heavy atom. The Balaban J connectivity index is 1.15. The van der Waals surface area contributed by atoms with E-state index in [9.17, 15) is 13.2 Å². The first-order valence-electron chi connectivity index (χ1n) is 12.2. The van der Waals surface area contributed by atoms with Gasteiger partial charge >= 0.3 is 0 Å². The van der Waals surface area contributed by atoms with Crippen LogP contribution in [0.2, 0.25) is 0 Å². The maximum atomic E-state index is 13.2. The summed E-state index contributed by atoms with van der Waals surface area (Å²) in [6, 6.07) is 13.6. The van der Waals surface area contributed by atoms with Crippen LogP contribution in [0.5, 0.6) is 0 Å². The Hall–Kier alpha value is -2.71. The third kappa shape index (κ3) is 4.49. The number of carbonyl (C=O) groups excluding carboxylic acids is 1. The Morgan fingerprint density at radius 1 is 1.06 bits per heavy atom. The standard InChI is InChI=1S/C26H32N4O3S/c1-19-28-24-8-4-5-9-25(24)30(19)17-14-27-26(31)21-12-15-29(16-13-21)34(32,33)23-11-10-20-6-2-3-7-22(20)18-23/h4-5,8-11,18,21H,2-3,6-7,12-17H2,1H3,(H,27,31). The van der Waals surface area contributed by atoms with Crippen molar-refractivity contribution in [1.29, 1.82) is 0 Å². The number of piperidine rings is 1. The van der Waals surface area contributed by atoms with Gasteiger partial charge in [0, 0.05) is 32.1 Å². The fourth-order valence-corrected chi connectivity index (χ4v) is 6.81. The summed E-state index contributed by atoms with van der Waals surface area (Å²) in [5.74, 6) is 0.777. The molecule has 1 aliphatic carbocycles. The highest BCUT2D eigenvalue weighted by molar-refractivity contribution is 7.89. The van der Waals surface area contributed by atoms with Crippen molar-refractivity contribution < 1.29 is 13.2 Å². The van der Waals surface area contributed by atoms with E-state index in [1.54, 1.807) is 10.4 Å². The summed E-state index contributed by atoms with van der Waals surface area (Å²) in [6.07, 6.45) is 5.37. The van der Waals surface area contributed by atoms with Crippen molar-refractivity contribution in [3.63, 3.8) is 0 Å². The minimum atomic E-state index is -3.53. The molecule has 1 saturated heterocycles. The van der Waals surface area contributed by atoms with Gasteiger partial charge in [-0.25, -0.2) is 13.4 Å². The Bertz CT molecular complexity index is 1310. The second-order valence-corrected chi connectivity index (χ2v) is 11.3. The molecule has 1 N–H and O–H groups in total. The first-order chi connectivity index (χ1) is 16.4. The molecule has 1 aliphatic heterocycles. The number of fused-ring (bicyclic) bond motifs is 2. The maximum absolute atomic E-state index is 13.2. The predicted molar refractivity (Wildman–Crippen MR) is 132 cm³/mol. The van der Waals surface area contributed by atoms with E-state index in [1.165, 1.54) is 17.5 Å². The van der Waals surface area contributed by atoms with Crippen molar-refractivity contribution in [2.75, 3.05) is 19.6 Å². The molecule has 1 fully saturated rings. The van der Waals surface area contributed by atoms with E-state index in [2.05, 4.69) is 14.9 Å². The molecule has 0 atom stereocenters. The zero-order valence-electron chi connectivity index (χ0n) is 19.7. The first-order valence-corrected chi connectivity index (χ1v) is 13.7. The average Bonchev–Trinajstić information content (AvgIpc) is 3.18. The van der Waals surface area contributed by atoms with E-state index in [4.69, 9.17) is 0 Å². The molecule has 34 heavy (non-hydrogen) atoms. The van der Waals surface area contributed by atoms with Crippen molar-refractivity contribution in [3.05, 3.63) is 59.4 Å². The van der Waals surface area contributed by atoms with Crippen LogP contribution in [-0.4, -0.2) is 47.8 Å². The third-order valence-electron chi connectivity index (χ3n) is 7.26. The molecular formula is C26H32N4O3S. The number of benzene rings is 2. The molecule has 2 aromatic carbocycles. The van der Waals surface area contributed by atoms with Crippen LogP contribution in [0, 0.1) is 12.8 Å². The highest BCUT2D eigenvalue weighted by atomic mass is 32.2. The van der Waals surface area contributed by atoms with Gasteiger partial charge in [0.15, 0.2) is 0 Å². The highest BCUT2D eigenvalue weighted by Crippen LogP contribution is 2.28. The van der Waals surface area contributed by atoms with Crippen LogP contribution in [0.15, 0.2) is 47.4 Å². The SMILES string of the molecule is Cc1nc2ccccc2n1CCNC(=O)C1CCN(S(=O)(=O)c2ccc3c(c2)CCCC3)CC1. The number of imidazole rings is 1. The minimum Gasteiger partial charge on any atom is -0.354 e. The van der Waals surface area contributed by atoms with E-state index in [0.717, 1.165) is 36.1 Å². The Kier molecular flexibility index (Phi) is 6.44. The molecule has 0 spiro atoms. The van der Waals surface area contributed by atoms with Crippen molar-refractivity contribution >= 4 is 27.0 Å². The molecule has 0 radical (unpaired) electrons.